The maximum absolute atomic E-state index is 12.9. The Morgan fingerprint density at radius 3 is 2.47 bits per heavy atom. The molecule has 0 saturated carbocycles. The van der Waals surface area contributed by atoms with Gasteiger partial charge < -0.3 is 14.6 Å². The third-order valence-corrected chi connectivity index (χ3v) is 6.04. The molecule has 0 bridgehead atoms. The van der Waals surface area contributed by atoms with Crippen LogP contribution in [0.2, 0.25) is 5.02 Å². The van der Waals surface area contributed by atoms with E-state index in [2.05, 4.69) is 15.2 Å². The van der Waals surface area contributed by atoms with Crippen LogP contribution < -0.4 is 14.8 Å². The minimum absolute atomic E-state index is 0.0537. The van der Waals surface area contributed by atoms with Gasteiger partial charge in [0.2, 0.25) is 10.0 Å². The van der Waals surface area contributed by atoms with Gasteiger partial charge in [-0.05, 0) is 49.7 Å². The number of halogens is 1. The van der Waals surface area contributed by atoms with Gasteiger partial charge in [-0.2, -0.15) is 0 Å². The van der Waals surface area contributed by atoms with E-state index in [4.69, 9.17) is 20.9 Å². The summed E-state index contributed by atoms with van der Waals surface area (Å²) in [7, 11) is -2.61. The molecular weight excluding hydrogens is 430 g/mol. The third kappa shape index (κ3) is 4.81. The molecule has 0 aliphatic heterocycles. The Labute approximate surface area is 179 Å². The number of rotatable bonds is 7. The number of aromatic nitrogens is 1. The van der Waals surface area contributed by atoms with E-state index < -0.39 is 15.9 Å². The number of benzene rings is 2. The summed E-state index contributed by atoms with van der Waals surface area (Å²) >= 11 is 5.85. The van der Waals surface area contributed by atoms with E-state index in [1.807, 2.05) is 0 Å². The van der Waals surface area contributed by atoms with Crippen molar-refractivity contribution in [2.24, 2.45) is 0 Å². The van der Waals surface area contributed by atoms with Gasteiger partial charge in [-0.25, -0.2) is 13.1 Å². The summed E-state index contributed by atoms with van der Waals surface area (Å²) < 4.78 is 38.5. The van der Waals surface area contributed by atoms with E-state index in [0.29, 0.717) is 22.2 Å². The second-order valence-electron chi connectivity index (χ2n) is 6.47. The number of aryl methyl sites for hydroxylation is 2. The predicted molar refractivity (Wildman–Crippen MR) is 112 cm³/mol. The highest BCUT2D eigenvalue weighted by Gasteiger charge is 2.22. The first-order valence-corrected chi connectivity index (χ1v) is 10.7. The normalized spacial score (nSPS) is 11.3. The summed E-state index contributed by atoms with van der Waals surface area (Å²) in [5.41, 5.74) is 1.84. The lowest BCUT2D eigenvalue weighted by Crippen LogP contribution is -2.24. The number of nitrogens with one attached hydrogen (secondary N) is 2. The van der Waals surface area contributed by atoms with Gasteiger partial charge in [-0.3, -0.25) is 4.79 Å². The van der Waals surface area contributed by atoms with E-state index >= 15 is 0 Å². The van der Waals surface area contributed by atoms with Crippen LogP contribution in [-0.2, 0) is 16.6 Å². The lowest BCUT2D eigenvalue weighted by Gasteiger charge is -2.13. The Hall–Kier alpha value is -2.88. The molecule has 1 aromatic heterocycles. The monoisotopic (exact) mass is 449 g/mol. The fraction of sp³-hybridized carbons (Fsp3) is 0.200. The molecule has 0 unspecified atom stereocenters. The lowest BCUT2D eigenvalue weighted by atomic mass is 10.2. The van der Waals surface area contributed by atoms with Crippen molar-refractivity contribution >= 4 is 33.2 Å². The summed E-state index contributed by atoms with van der Waals surface area (Å²) in [6.07, 6.45) is 0. The molecule has 2 aromatic carbocycles. The Morgan fingerprint density at radius 1 is 1.17 bits per heavy atom. The number of methoxy groups -OCH3 is 1. The number of sulfonamides is 1. The van der Waals surface area contributed by atoms with Crippen LogP contribution in [0.1, 0.15) is 27.4 Å². The average molecular weight is 450 g/mol. The number of hydrogen-bond acceptors (Lipinski definition) is 6. The van der Waals surface area contributed by atoms with Crippen LogP contribution in [0.15, 0.2) is 51.9 Å². The van der Waals surface area contributed by atoms with E-state index in [1.165, 1.54) is 25.3 Å². The fourth-order valence-electron chi connectivity index (χ4n) is 2.73. The molecule has 10 heteroatoms. The minimum atomic E-state index is -3.96. The molecule has 0 radical (unpaired) electrons. The van der Waals surface area contributed by atoms with Gasteiger partial charge in [0.15, 0.2) is 5.76 Å². The molecule has 0 aliphatic rings. The number of amides is 1. The summed E-state index contributed by atoms with van der Waals surface area (Å²) in [5, 5.41) is 7.03. The van der Waals surface area contributed by atoms with Crippen molar-refractivity contribution < 1.29 is 22.5 Å². The van der Waals surface area contributed by atoms with E-state index in [0.717, 1.165) is 5.56 Å². The van der Waals surface area contributed by atoms with Crippen LogP contribution in [0.3, 0.4) is 0 Å². The van der Waals surface area contributed by atoms with Crippen molar-refractivity contribution in [3.05, 3.63) is 70.1 Å². The maximum Gasteiger partial charge on any atom is 0.255 e. The molecule has 3 aromatic rings. The SMILES string of the molecule is COc1ccc(C(=O)Nc2c(C)noc2C)cc1S(=O)(=O)NCc1ccc(Cl)cc1. The predicted octanol–water partition coefficient (Wildman–Crippen LogP) is 3.68. The zero-order chi connectivity index (χ0) is 21.9. The Balaban J connectivity index is 1.86. The first-order chi connectivity index (χ1) is 14.2. The molecule has 0 fully saturated rings. The third-order valence-electron chi connectivity index (χ3n) is 4.37. The highest BCUT2D eigenvalue weighted by atomic mass is 35.5. The van der Waals surface area contributed by atoms with E-state index in [9.17, 15) is 13.2 Å². The zero-order valence-electron chi connectivity index (χ0n) is 16.5. The van der Waals surface area contributed by atoms with Gasteiger partial charge in [0.1, 0.15) is 22.0 Å². The smallest absolute Gasteiger partial charge is 0.255 e. The van der Waals surface area contributed by atoms with E-state index in [-0.39, 0.29) is 22.8 Å². The Bertz CT molecular complexity index is 1150. The van der Waals surface area contributed by atoms with Crippen LogP contribution in [0.5, 0.6) is 5.75 Å². The van der Waals surface area contributed by atoms with Gasteiger partial charge in [0.25, 0.3) is 5.91 Å². The molecule has 8 nitrogen and oxygen atoms in total. The molecule has 30 heavy (non-hydrogen) atoms. The molecular formula is C20H20ClN3O5S. The molecule has 158 valence electrons. The first kappa shape index (κ1) is 21.8. The molecule has 0 atom stereocenters. The Kier molecular flexibility index (Phi) is 6.45. The summed E-state index contributed by atoms with van der Waals surface area (Å²) in [6.45, 7) is 3.41. The number of carbonyl (C=O) groups excluding carboxylic acids is 1. The topological polar surface area (TPSA) is 111 Å². The van der Waals surface area contributed by atoms with Crippen molar-refractivity contribution in [3.8, 4) is 5.75 Å². The summed E-state index contributed by atoms with van der Waals surface area (Å²) in [4.78, 5) is 12.5. The molecule has 0 spiro atoms. The van der Waals surface area contributed by atoms with E-state index in [1.54, 1.807) is 38.1 Å². The van der Waals surface area contributed by atoms with Gasteiger partial charge in [0.05, 0.1) is 7.11 Å². The second kappa shape index (κ2) is 8.86. The van der Waals surface area contributed by atoms with Crippen molar-refractivity contribution in [2.75, 3.05) is 12.4 Å². The van der Waals surface area contributed by atoms with Crippen molar-refractivity contribution in [1.82, 2.24) is 9.88 Å². The van der Waals surface area contributed by atoms with Crippen molar-refractivity contribution in [1.29, 1.82) is 0 Å². The molecule has 0 aliphatic carbocycles. The van der Waals surface area contributed by atoms with Gasteiger partial charge in [0, 0.05) is 17.1 Å². The molecule has 1 amide bonds. The number of hydrogen-bond donors (Lipinski definition) is 2. The zero-order valence-corrected chi connectivity index (χ0v) is 18.1. The fourth-order valence-corrected chi connectivity index (χ4v) is 4.07. The van der Waals surface area contributed by atoms with Crippen LogP contribution in [0.4, 0.5) is 5.69 Å². The molecule has 2 N–H and O–H groups in total. The first-order valence-electron chi connectivity index (χ1n) is 8.87. The highest BCUT2D eigenvalue weighted by Crippen LogP contribution is 2.26. The average Bonchev–Trinajstić information content (AvgIpc) is 3.05. The van der Waals surface area contributed by atoms with Crippen LogP contribution in [0.25, 0.3) is 0 Å². The Morgan fingerprint density at radius 2 is 1.87 bits per heavy atom. The number of ether oxygens (including phenoxy) is 1. The van der Waals surface area contributed by atoms with Gasteiger partial charge >= 0.3 is 0 Å². The van der Waals surface area contributed by atoms with Crippen molar-refractivity contribution in [3.63, 3.8) is 0 Å². The molecule has 0 saturated heterocycles. The molecule has 3 rings (SSSR count). The highest BCUT2D eigenvalue weighted by molar-refractivity contribution is 7.89. The van der Waals surface area contributed by atoms with Crippen LogP contribution in [-0.4, -0.2) is 26.6 Å². The second-order valence-corrected chi connectivity index (χ2v) is 8.64. The maximum atomic E-state index is 12.9. The minimum Gasteiger partial charge on any atom is -0.495 e. The van der Waals surface area contributed by atoms with Crippen LogP contribution >= 0.6 is 11.6 Å². The largest absolute Gasteiger partial charge is 0.495 e. The number of carbonyl (C=O) groups is 1. The quantitative estimate of drug-likeness (QED) is 0.569. The standard InChI is InChI=1S/C20H20ClN3O5S/c1-12-19(13(2)29-24-12)23-20(25)15-6-9-17(28-3)18(10-15)30(26,27)22-11-14-4-7-16(21)8-5-14/h4-10,22H,11H2,1-3H3,(H,23,25). The van der Waals surface area contributed by atoms with Gasteiger partial charge in [-0.1, -0.05) is 28.9 Å². The number of nitrogens with zero attached hydrogens (tertiary/aromatic N) is 1. The number of anilines is 1. The molecule has 1 heterocycles. The summed E-state index contributed by atoms with van der Waals surface area (Å²) in [5.74, 6) is 0.0699. The summed E-state index contributed by atoms with van der Waals surface area (Å²) in [6, 6.07) is 10.9. The lowest BCUT2D eigenvalue weighted by molar-refractivity contribution is 0.102. The van der Waals surface area contributed by atoms with Crippen molar-refractivity contribution in [2.45, 2.75) is 25.3 Å². The van der Waals surface area contributed by atoms with Gasteiger partial charge in [-0.15, -0.1) is 0 Å². The van der Waals surface area contributed by atoms with Crippen LogP contribution in [0, 0.1) is 13.8 Å².